The molecule has 0 spiro atoms. The summed E-state index contributed by atoms with van der Waals surface area (Å²) in [5.74, 6) is 1.04. The van der Waals surface area contributed by atoms with Crippen molar-refractivity contribution in [1.29, 1.82) is 0 Å². The Balaban J connectivity index is 1.98. The molecular weight excluding hydrogens is 361 g/mol. The van der Waals surface area contributed by atoms with Crippen molar-refractivity contribution < 1.29 is 17.9 Å². The van der Waals surface area contributed by atoms with Gasteiger partial charge in [0.15, 0.2) is 4.87 Å². The number of aryl methyl sites for hydroxylation is 1. The summed E-state index contributed by atoms with van der Waals surface area (Å²) in [5, 5.41) is 0. The van der Waals surface area contributed by atoms with Crippen molar-refractivity contribution in [3.05, 3.63) is 95.6 Å². The maximum absolute atomic E-state index is 13.9. The normalized spacial score (nSPS) is 13.9. The van der Waals surface area contributed by atoms with Crippen molar-refractivity contribution in [3.8, 4) is 11.5 Å². The lowest BCUT2D eigenvalue weighted by molar-refractivity contribution is -0.154. The van der Waals surface area contributed by atoms with Crippen LogP contribution in [0.4, 0.5) is 13.2 Å². The van der Waals surface area contributed by atoms with Gasteiger partial charge in [-0.05, 0) is 42.3 Å². The fourth-order valence-electron chi connectivity index (χ4n) is 2.73. The third-order valence-corrected chi connectivity index (χ3v) is 4.69. The zero-order valence-corrected chi connectivity index (χ0v) is 14.7. The van der Waals surface area contributed by atoms with Crippen molar-refractivity contribution >= 4 is 11.6 Å². The molecule has 0 heterocycles. The van der Waals surface area contributed by atoms with E-state index in [0.29, 0.717) is 17.1 Å². The second-order valence-corrected chi connectivity index (χ2v) is 6.53. The van der Waals surface area contributed by atoms with Gasteiger partial charge in [-0.25, -0.2) is 0 Å². The summed E-state index contributed by atoms with van der Waals surface area (Å²) in [6.45, 7) is 1.73. The Labute approximate surface area is 155 Å². The Morgan fingerprint density at radius 2 is 1.35 bits per heavy atom. The number of rotatable bonds is 4. The molecule has 0 fully saturated rings. The van der Waals surface area contributed by atoms with Gasteiger partial charge in [0.25, 0.3) is 0 Å². The topological polar surface area (TPSA) is 9.23 Å². The molecule has 3 aromatic rings. The lowest BCUT2D eigenvalue weighted by Gasteiger charge is -2.31. The van der Waals surface area contributed by atoms with Gasteiger partial charge < -0.3 is 4.74 Å². The number of hydrogen-bond donors (Lipinski definition) is 0. The lowest BCUT2D eigenvalue weighted by atomic mass is 9.89. The summed E-state index contributed by atoms with van der Waals surface area (Å²) in [6, 6.07) is 20.8. The fraction of sp³-hybridized carbons (Fsp3) is 0.143. The summed E-state index contributed by atoms with van der Waals surface area (Å²) < 4.78 is 47.3. The first-order valence-corrected chi connectivity index (χ1v) is 8.35. The van der Waals surface area contributed by atoms with Crippen LogP contribution in [0.2, 0.25) is 0 Å². The Morgan fingerprint density at radius 1 is 0.731 bits per heavy atom. The van der Waals surface area contributed by atoms with Gasteiger partial charge >= 0.3 is 6.18 Å². The molecule has 0 aromatic heterocycles. The van der Waals surface area contributed by atoms with E-state index >= 15 is 0 Å². The van der Waals surface area contributed by atoms with Gasteiger partial charge in [0.1, 0.15) is 11.5 Å². The highest BCUT2D eigenvalue weighted by Crippen LogP contribution is 2.50. The molecule has 0 aliphatic heterocycles. The molecule has 1 nitrogen and oxygen atoms in total. The van der Waals surface area contributed by atoms with Crippen LogP contribution in [-0.2, 0) is 4.87 Å². The Hall–Kier alpha value is -2.46. The van der Waals surface area contributed by atoms with Crippen molar-refractivity contribution in [3.63, 3.8) is 0 Å². The van der Waals surface area contributed by atoms with Gasteiger partial charge in [0.05, 0.1) is 0 Å². The summed E-state index contributed by atoms with van der Waals surface area (Å²) in [6.07, 6.45) is -4.66. The van der Waals surface area contributed by atoms with Gasteiger partial charge in [0, 0.05) is 0 Å². The van der Waals surface area contributed by atoms with Crippen LogP contribution in [0.15, 0.2) is 78.9 Å². The SMILES string of the molecule is Cc1cccc(C(Cl)(c2ccc(Oc3ccccc3)cc2)C(F)(F)F)c1. The average molecular weight is 377 g/mol. The molecule has 0 saturated heterocycles. The second kappa shape index (κ2) is 7.04. The van der Waals surface area contributed by atoms with E-state index in [-0.39, 0.29) is 11.1 Å². The van der Waals surface area contributed by atoms with E-state index in [1.165, 1.54) is 36.4 Å². The van der Waals surface area contributed by atoms with Crippen LogP contribution in [0.5, 0.6) is 11.5 Å². The fourth-order valence-corrected chi connectivity index (χ4v) is 2.97. The van der Waals surface area contributed by atoms with Gasteiger partial charge in [-0.15, -0.1) is 0 Å². The second-order valence-electron chi connectivity index (χ2n) is 5.97. The van der Waals surface area contributed by atoms with E-state index in [2.05, 4.69) is 0 Å². The minimum absolute atomic E-state index is 0.0107. The van der Waals surface area contributed by atoms with Crippen molar-refractivity contribution in [2.45, 2.75) is 18.0 Å². The molecule has 0 aliphatic carbocycles. The Bertz CT molecular complexity index is 876. The van der Waals surface area contributed by atoms with Gasteiger partial charge in [-0.2, -0.15) is 13.2 Å². The molecule has 0 N–H and O–H groups in total. The van der Waals surface area contributed by atoms with Crippen LogP contribution in [0.25, 0.3) is 0 Å². The van der Waals surface area contributed by atoms with E-state index in [1.807, 2.05) is 18.2 Å². The van der Waals surface area contributed by atoms with Gasteiger partial charge in [-0.3, -0.25) is 0 Å². The van der Waals surface area contributed by atoms with E-state index < -0.39 is 11.1 Å². The molecule has 0 amide bonds. The standard InChI is InChI=1S/C21H16ClF3O/c1-15-6-5-7-17(14-15)20(22,21(23,24)25)16-10-12-19(13-11-16)26-18-8-3-2-4-9-18/h2-14H,1H3. The molecule has 3 aromatic carbocycles. The Morgan fingerprint density at radius 3 is 1.92 bits per heavy atom. The molecule has 1 unspecified atom stereocenters. The van der Waals surface area contributed by atoms with E-state index in [9.17, 15) is 13.2 Å². The monoisotopic (exact) mass is 376 g/mol. The minimum Gasteiger partial charge on any atom is -0.457 e. The summed E-state index contributed by atoms with van der Waals surface area (Å²) >= 11 is 6.18. The number of alkyl halides is 4. The highest BCUT2D eigenvalue weighted by atomic mass is 35.5. The number of hydrogen-bond acceptors (Lipinski definition) is 1. The van der Waals surface area contributed by atoms with Crippen molar-refractivity contribution in [1.82, 2.24) is 0 Å². The van der Waals surface area contributed by atoms with Crippen LogP contribution in [0, 0.1) is 6.92 Å². The molecule has 0 radical (unpaired) electrons. The summed E-state index contributed by atoms with van der Waals surface area (Å²) in [4.78, 5) is -2.62. The minimum atomic E-state index is -4.66. The van der Waals surface area contributed by atoms with E-state index in [0.717, 1.165) is 0 Å². The molecule has 5 heteroatoms. The number of para-hydroxylation sites is 1. The van der Waals surface area contributed by atoms with E-state index in [1.54, 1.807) is 31.2 Å². The molecule has 1 atom stereocenters. The van der Waals surface area contributed by atoms with Crippen LogP contribution < -0.4 is 4.74 Å². The predicted molar refractivity (Wildman–Crippen MR) is 96.8 cm³/mol. The van der Waals surface area contributed by atoms with Gasteiger partial charge in [0.2, 0.25) is 0 Å². The van der Waals surface area contributed by atoms with Crippen LogP contribution >= 0.6 is 11.6 Å². The summed E-state index contributed by atoms with van der Waals surface area (Å²) in [5.41, 5.74) is 0.641. The predicted octanol–water partition coefficient (Wildman–Crippen LogP) is 6.83. The smallest absolute Gasteiger partial charge is 0.415 e. The summed E-state index contributed by atoms with van der Waals surface area (Å²) in [7, 11) is 0. The molecule has 3 rings (SSSR count). The molecule has 0 aliphatic rings. The largest absolute Gasteiger partial charge is 0.457 e. The molecule has 134 valence electrons. The van der Waals surface area contributed by atoms with E-state index in [4.69, 9.17) is 16.3 Å². The average Bonchev–Trinajstić information content (AvgIpc) is 2.61. The van der Waals surface area contributed by atoms with Crippen LogP contribution in [0.3, 0.4) is 0 Å². The molecule has 0 saturated carbocycles. The first-order valence-electron chi connectivity index (χ1n) is 7.97. The zero-order chi connectivity index (χ0) is 18.8. The highest BCUT2D eigenvalue weighted by molar-refractivity contribution is 6.26. The molecule has 0 bridgehead atoms. The maximum atomic E-state index is 13.9. The third kappa shape index (κ3) is 3.56. The Kier molecular flexibility index (Phi) is 4.97. The quantitative estimate of drug-likeness (QED) is 0.453. The number of ether oxygens (including phenoxy) is 1. The first-order chi connectivity index (χ1) is 12.3. The zero-order valence-electron chi connectivity index (χ0n) is 13.9. The number of halogens is 4. The molecule has 26 heavy (non-hydrogen) atoms. The third-order valence-electron chi connectivity index (χ3n) is 4.04. The van der Waals surface area contributed by atoms with Gasteiger partial charge in [-0.1, -0.05) is 71.8 Å². The lowest BCUT2D eigenvalue weighted by Crippen LogP contribution is -2.38. The number of benzene rings is 3. The highest BCUT2D eigenvalue weighted by Gasteiger charge is 2.56. The first kappa shape index (κ1) is 18.3. The van der Waals surface area contributed by atoms with Crippen molar-refractivity contribution in [2.24, 2.45) is 0 Å². The molecular formula is C21H16ClF3O. The van der Waals surface area contributed by atoms with Crippen LogP contribution in [0.1, 0.15) is 16.7 Å². The van der Waals surface area contributed by atoms with Crippen molar-refractivity contribution in [2.75, 3.05) is 0 Å². The maximum Gasteiger partial charge on any atom is 0.415 e. The van der Waals surface area contributed by atoms with Crippen LogP contribution in [-0.4, -0.2) is 6.18 Å².